The molecule has 6 nitrogen and oxygen atoms in total. The summed E-state index contributed by atoms with van der Waals surface area (Å²) in [6.07, 6.45) is 0. The summed E-state index contributed by atoms with van der Waals surface area (Å²) in [6.45, 7) is 7.98. The van der Waals surface area contributed by atoms with E-state index in [0.29, 0.717) is 28.8 Å². The van der Waals surface area contributed by atoms with Gasteiger partial charge in [0.15, 0.2) is 10.4 Å². The molecule has 3 heterocycles. The van der Waals surface area contributed by atoms with E-state index in [1.807, 2.05) is 0 Å². The zero-order valence-electron chi connectivity index (χ0n) is 11.5. The third-order valence-corrected chi connectivity index (χ3v) is 3.98. The second kappa shape index (κ2) is 5.31. The molecule has 0 aliphatic carbocycles. The molecule has 1 saturated heterocycles. The second-order valence-corrected chi connectivity index (χ2v) is 6.30. The fourth-order valence-electron chi connectivity index (χ4n) is 2.33. The van der Waals surface area contributed by atoms with Crippen molar-refractivity contribution in [2.24, 2.45) is 0 Å². The Morgan fingerprint density at radius 2 is 2.20 bits per heavy atom. The predicted octanol–water partition coefficient (Wildman–Crippen LogP) is 2.28. The fraction of sp³-hybridized carbons (Fsp3) is 0.538. The number of nitrogens with zero attached hydrogens (tertiary/aromatic N) is 3. The average Bonchev–Trinajstić information content (AvgIpc) is 3.01. The summed E-state index contributed by atoms with van der Waals surface area (Å²) in [6, 6.07) is 3.61. The number of hydrogen-bond acceptors (Lipinski definition) is 6. The maximum atomic E-state index is 5.68. The molecule has 3 rings (SSSR count). The van der Waals surface area contributed by atoms with E-state index in [1.165, 1.54) is 0 Å². The van der Waals surface area contributed by atoms with Gasteiger partial charge in [0, 0.05) is 25.2 Å². The highest BCUT2D eigenvalue weighted by Gasteiger charge is 2.30. The van der Waals surface area contributed by atoms with Crippen LogP contribution in [0.1, 0.15) is 19.7 Å². The van der Waals surface area contributed by atoms with Gasteiger partial charge in [-0.05, 0) is 41.9 Å². The molecule has 0 saturated carbocycles. The zero-order valence-corrected chi connectivity index (χ0v) is 13.1. The van der Waals surface area contributed by atoms with Gasteiger partial charge in [0.05, 0.1) is 6.54 Å². The Morgan fingerprint density at radius 3 is 2.90 bits per heavy atom. The van der Waals surface area contributed by atoms with E-state index in [9.17, 15) is 0 Å². The molecule has 7 heteroatoms. The summed E-state index contributed by atoms with van der Waals surface area (Å²) in [7, 11) is 0. The minimum atomic E-state index is 0.0839. The Bertz CT molecular complexity index is 593. The van der Waals surface area contributed by atoms with Crippen molar-refractivity contribution in [3.8, 4) is 11.7 Å². The molecule has 0 unspecified atom stereocenters. The maximum absolute atomic E-state index is 5.68. The summed E-state index contributed by atoms with van der Waals surface area (Å²) in [5.41, 5.74) is 0.0839. The summed E-state index contributed by atoms with van der Waals surface area (Å²) in [5, 5.41) is 11.5. The van der Waals surface area contributed by atoms with Gasteiger partial charge in [0.2, 0.25) is 5.89 Å². The van der Waals surface area contributed by atoms with Gasteiger partial charge >= 0.3 is 0 Å². The predicted molar refractivity (Wildman–Crippen MR) is 77.1 cm³/mol. The number of halogens is 1. The van der Waals surface area contributed by atoms with Crippen molar-refractivity contribution < 1.29 is 8.83 Å². The molecule has 20 heavy (non-hydrogen) atoms. The van der Waals surface area contributed by atoms with Gasteiger partial charge in [-0.3, -0.25) is 4.90 Å². The van der Waals surface area contributed by atoms with Gasteiger partial charge < -0.3 is 14.2 Å². The maximum Gasteiger partial charge on any atom is 0.283 e. The molecule has 108 valence electrons. The zero-order chi connectivity index (χ0) is 14.2. The Balaban J connectivity index is 1.74. The molecule has 0 bridgehead atoms. The summed E-state index contributed by atoms with van der Waals surface area (Å²) < 4.78 is 11.7. The molecule has 1 fully saturated rings. The molecule has 0 amide bonds. The SMILES string of the molecule is CC1(C)CNCCN1Cc1nnc(-c2ccc(Br)o2)o1. The van der Waals surface area contributed by atoms with E-state index in [-0.39, 0.29) is 5.54 Å². The van der Waals surface area contributed by atoms with Crippen molar-refractivity contribution in [2.75, 3.05) is 19.6 Å². The molecule has 0 atom stereocenters. The van der Waals surface area contributed by atoms with Gasteiger partial charge in [0.1, 0.15) is 0 Å². The van der Waals surface area contributed by atoms with Crippen LogP contribution in [-0.2, 0) is 6.54 Å². The molecule has 1 aliphatic rings. The Labute approximate surface area is 125 Å². The lowest BCUT2D eigenvalue weighted by atomic mass is 10.0. The normalized spacial score (nSPS) is 19.4. The molecular weight excluding hydrogens is 324 g/mol. The van der Waals surface area contributed by atoms with E-state index >= 15 is 0 Å². The number of hydrogen-bond donors (Lipinski definition) is 1. The Morgan fingerprint density at radius 1 is 1.35 bits per heavy atom. The first-order valence-corrected chi connectivity index (χ1v) is 7.38. The molecule has 2 aromatic heterocycles. The molecule has 1 N–H and O–H groups in total. The minimum absolute atomic E-state index is 0.0839. The third-order valence-electron chi connectivity index (χ3n) is 3.55. The molecular formula is C13H17BrN4O2. The van der Waals surface area contributed by atoms with Crippen LogP contribution >= 0.6 is 15.9 Å². The van der Waals surface area contributed by atoms with Crippen LogP contribution in [-0.4, -0.2) is 40.3 Å². The topological polar surface area (TPSA) is 67.3 Å². The monoisotopic (exact) mass is 340 g/mol. The van der Waals surface area contributed by atoms with E-state index in [2.05, 4.69) is 50.2 Å². The van der Waals surface area contributed by atoms with Gasteiger partial charge in [0.25, 0.3) is 5.89 Å². The highest BCUT2D eigenvalue weighted by Crippen LogP contribution is 2.25. The molecule has 1 aliphatic heterocycles. The van der Waals surface area contributed by atoms with Gasteiger partial charge in [-0.15, -0.1) is 10.2 Å². The van der Waals surface area contributed by atoms with Crippen molar-refractivity contribution in [1.29, 1.82) is 0 Å². The van der Waals surface area contributed by atoms with Crippen molar-refractivity contribution in [3.63, 3.8) is 0 Å². The van der Waals surface area contributed by atoms with Crippen LogP contribution in [0.2, 0.25) is 0 Å². The smallest absolute Gasteiger partial charge is 0.283 e. The lowest BCUT2D eigenvalue weighted by Crippen LogP contribution is -2.57. The first-order chi connectivity index (χ1) is 9.54. The van der Waals surface area contributed by atoms with Crippen molar-refractivity contribution in [2.45, 2.75) is 25.9 Å². The van der Waals surface area contributed by atoms with Crippen LogP contribution < -0.4 is 5.32 Å². The Kier molecular flexibility index (Phi) is 3.66. The number of piperazine rings is 1. The highest BCUT2D eigenvalue weighted by molar-refractivity contribution is 9.10. The third kappa shape index (κ3) is 2.79. The largest absolute Gasteiger partial charge is 0.444 e. The lowest BCUT2D eigenvalue weighted by Gasteiger charge is -2.42. The number of aromatic nitrogens is 2. The quantitative estimate of drug-likeness (QED) is 0.924. The van der Waals surface area contributed by atoms with Crippen LogP contribution in [0.3, 0.4) is 0 Å². The molecule has 0 spiro atoms. The minimum Gasteiger partial charge on any atom is -0.444 e. The highest BCUT2D eigenvalue weighted by atomic mass is 79.9. The van der Waals surface area contributed by atoms with Crippen molar-refractivity contribution in [1.82, 2.24) is 20.4 Å². The van der Waals surface area contributed by atoms with E-state index in [4.69, 9.17) is 8.83 Å². The van der Waals surface area contributed by atoms with Crippen LogP contribution in [0.15, 0.2) is 25.6 Å². The summed E-state index contributed by atoms with van der Waals surface area (Å²) >= 11 is 3.26. The molecule has 0 radical (unpaired) electrons. The summed E-state index contributed by atoms with van der Waals surface area (Å²) in [5.74, 6) is 1.61. The average molecular weight is 341 g/mol. The summed E-state index contributed by atoms with van der Waals surface area (Å²) in [4.78, 5) is 2.35. The van der Waals surface area contributed by atoms with Crippen LogP contribution in [0.25, 0.3) is 11.7 Å². The van der Waals surface area contributed by atoms with Crippen LogP contribution in [0.4, 0.5) is 0 Å². The van der Waals surface area contributed by atoms with Gasteiger partial charge in [-0.25, -0.2) is 0 Å². The van der Waals surface area contributed by atoms with Gasteiger partial charge in [-0.2, -0.15) is 0 Å². The van der Waals surface area contributed by atoms with Crippen molar-refractivity contribution >= 4 is 15.9 Å². The number of furan rings is 1. The number of nitrogens with one attached hydrogen (secondary N) is 1. The van der Waals surface area contributed by atoms with E-state index in [0.717, 1.165) is 19.6 Å². The Hall–Kier alpha value is -1.18. The number of rotatable bonds is 3. The van der Waals surface area contributed by atoms with E-state index < -0.39 is 0 Å². The first-order valence-electron chi connectivity index (χ1n) is 6.58. The van der Waals surface area contributed by atoms with Crippen LogP contribution in [0.5, 0.6) is 0 Å². The fourth-order valence-corrected chi connectivity index (χ4v) is 2.63. The second-order valence-electron chi connectivity index (χ2n) is 5.52. The molecule has 2 aromatic rings. The standard InChI is InChI=1S/C13H17BrN4O2/c1-13(2)8-15-5-6-18(13)7-11-16-17-12(20-11)9-3-4-10(14)19-9/h3-4,15H,5-8H2,1-2H3. The van der Waals surface area contributed by atoms with E-state index in [1.54, 1.807) is 12.1 Å². The lowest BCUT2D eigenvalue weighted by molar-refractivity contribution is 0.0736. The van der Waals surface area contributed by atoms with Gasteiger partial charge in [-0.1, -0.05) is 0 Å². The van der Waals surface area contributed by atoms with Crippen molar-refractivity contribution in [3.05, 3.63) is 22.7 Å². The first kappa shape index (κ1) is 13.8. The molecule has 0 aromatic carbocycles. The van der Waals surface area contributed by atoms with Crippen LogP contribution in [0, 0.1) is 0 Å².